The summed E-state index contributed by atoms with van der Waals surface area (Å²) in [6, 6.07) is 10.1. The largest absolute Gasteiger partial charge is 0.493 e. The van der Waals surface area contributed by atoms with Crippen molar-refractivity contribution in [2.45, 2.75) is 11.9 Å². The molecule has 0 amide bonds. The van der Waals surface area contributed by atoms with Crippen molar-refractivity contribution in [3.63, 3.8) is 0 Å². The summed E-state index contributed by atoms with van der Waals surface area (Å²) in [7, 11) is 1.56. The smallest absolute Gasteiger partial charge is 0.161 e. The Morgan fingerprint density at radius 3 is 2.65 bits per heavy atom. The van der Waals surface area contributed by atoms with E-state index < -0.39 is 0 Å². The molecule has 0 N–H and O–H groups in total. The third kappa shape index (κ3) is 3.44. The molecule has 106 valence electrons. The lowest BCUT2D eigenvalue weighted by Crippen LogP contribution is -2.01. The molecular formula is C15H13BrClFO2. The maximum Gasteiger partial charge on any atom is 0.161 e. The Morgan fingerprint density at radius 1 is 1.20 bits per heavy atom. The second-order valence-electron chi connectivity index (χ2n) is 4.11. The zero-order valence-electron chi connectivity index (χ0n) is 10.8. The summed E-state index contributed by atoms with van der Waals surface area (Å²) in [6.45, 7) is 0.0492. The molecule has 0 heterocycles. The van der Waals surface area contributed by atoms with E-state index in [0.29, 0.717) is 27.4 Å². The molecular weight excluding hydrogens is 347 g/mol. The minimum absolute atomic E-state index is 0.0492. The van der Waals surface area contributed by atoms with Gasteiger partial charge in [-0.3, -0.25) is 0 Å². The zero-order valence-corrected chi connectivity index (χ0v) is 13.2. The summed E-state index contributed by atoms with van der Waals surface area (Å²) < 4.78 is 24.6. The van der Waals surface area contributed by atoms with Gasteiger partial charge in [-0.1, -0.05) is 39.7 Å². The van der Waals surface area contributed by atoms with E-state index in [-0.39, 0.29) is 12.4 Å². The highest BCUT2D eigenvalue weighted by Crippen LogP contribution is 2.30. The number of alkyl halides is 1. The fourth-order valence-electron chi connectivity index (χ4n) is 1.74. The molecule has 0 aromatic heterocycles. The van der Waals surface area contributed by atoms with E-state index in [0.717, 1.165) is 5.56 Å². The lowest BCUT2D eigenvalue weighted by atomic mass is 10.2. The van der Waals surface area contributed by atoms with E-state index >= 15 is 0 Å². The van der Waals surface area contributed by atoms with Gasteiger partial charge in [-0.15, -0.1) is 0 Å². The Morgan fingerprint density at radius 2 is 2.00 bits per heavy atom. The summed E-state index contributed by atoms with van der Waals surface area (Å²) in [5.74, 6) is 0.777. The molecule has 2 rings (SSSR count). The number of rotatable bonds is 5. The van der Waals surface area contributed by atoms with Gasteiger partial charge in [0, 0.05) is 10.9 Å². The summed E-state index contributed by atoms with van der Waals surface area (Å²) in [4.78, 5) is 0. The topological polar surface area (TPSA) is 18.5 Å². The van der Waals surface area contributed by atoms with Crippen LogP contribution >= 0.6 is 27.5 Å². The average Bonchev–Trinajstić information content (AvgIpc) is 2.46. The van der Waals surface area contributed by atoms with Crippen LogP contribution in [0.25, 0.3) is 0 Å². The number of methoxy groups -OCH3 is 1. The second kappa shape index (κ2) is 6.95. The van der Waals surface area contributed by atoms with Gasteiger partial charge in [0.1, 0.15) is 12.4 Å². The molecule has 0 aliphatic carbocycles. The first kappa shape index (κ1) is 15.1. The van der Waals surface area contributed by atoms with Crippen LogP contribution in [-0.4, -0.2) is 7.11 Å². The number of halogens is 3. The first-order chi connectivity index (χ1) is 9.65. The van der Waals surface area contributed by atoms with Crippen LogP contribution in [0, 0.1) is 5.82 Å². The van der Waals surface area contributed by atoms with Crippen molar-refractivity contribution < 1.29 is 13.9 Å². The highest BCUT2D eigenvalue weighted by molar-refractivity contribution is 9.08. The maximum atomic E-state index is 13.7. The molecule has 0 unspecified atom stereocenters. The predicted molar refractivity (Wildman–Crippen MR) is 81.4 cm³/mol. The van der Waals surface area contributed by atoms with Gasteiger partial charge in [-0.2, -0.15) is 0 Å². The molecule has 0 aliphatic rings. The predicted octanol–water partition coefficient (Wildman–Crippen LogP) is 4.96. The van der Waals surface area contributed by atoms with Crippen LogP contribution in [0.5, 0.6) is 11.5 Å². The maximum absolute atomic E-state index is 13.7. The van der Waals surface area contributed by atoms with Gasteiger partial charge < -0.3 is 9.47 Å². The molecule has 0 saturated heterocycles. The Balaban J connectivity index is 2.22. The molecule has 2 nitrogen and oxygen atoms in total. The molecule has 0 bridgehead atoms. The lowest BCUT2D eigenvalue weighted by molar-refractivity contribution is 0.279. The molecule has 2 aromatic rings. The Bertz CT molecular complexity index is 584. The first-order valence-electron chi connectivity index (χ1n) is 5.94. The van der Waals surface area contributed by atoms with E-state index in [9.17, 15) is 4.39 Å². The van der Waals surface area contributed by atoms with Crippen LogP contribution in [-0.2, 0) is 11.9 Å². The van der Waals surface area contributed by atoms with E-state index in [1.807, 2.05) is 18.2 Å². The molecule has 0 atom stereocenters. The number of benzene rings is 2. The van der Waals surface area contributed by atoms with Gasteiger partial charge in [0.15, 0.2) is 11.5 Å². The van der Waals surface area contributed by atoms with Gasteiger partial charge in [0.05, 0.1) is 12.1 Å². The highest BCUT2D eigenvalue weighted by Gasteiger charge is 2.10. The number of ether oxygens (including phenoxy) is 2. The van der Waals surface area contributed by atoms with Crippen molar-refractivity contribution in [3.05, 3.63) is 58.4 Å². The molecule has 0 aliphatic heterocycles. The fourth-order valence-corrected chi connectivity index (χ4v) is 2.30. The highest BCUT2D eigenvalue weighted by atomic mass is 79.9. The van der Waals surface area contributed by atoms with Gasteiger partial charge in [-0.25, -0.2) is 4.39 Å². The molecule has 2 aromatic carbocycles. The van der Waals surface area contributed by atoms with Crippen molar-refractivity contribution in [1.29, 1.82) is 0 Å². The van der Waals surface area contributed by atoms with E-state index in [4.69, 9.17) is 21.1 Å². The van der Waals surface area contributed by atoms with Gasteiger partial charge in [0.2, 0.25) is 0 Å². The van der Waals surface area contributed by atoms with Crippen LogP contribution in [0.4, 0.5) is 4.39 Å². The van der Waals surface area contributed by atoms with Gasteiger partial charge >= 0.3 is 0 Å². The Kier molecular flexibility index (Phi) is 5.26. The third-order valence-electron chi connectivity index (χ3n) is 2.82. The van der Waals surface area contributed by atoms with Crippen molar-refractivity contribution in [2.75, 3.05) is 7.11 Å². The number of hydrogen-bond acceptors (Lipinski definition) is 2. The van der Waals surface area contributed by atoms with Crippen LogP contribution in [0.3, 0.4) is 0 Å². The molecule has 0 fully saturated rings. The SMILES string of the molecule is COc1ccc(CBr)cc1OCc1c(F)cccc1Cl. The summed E-state index contributed by atoms with van der Waals surface area (Å²) in [6.07, 6.45) is 0. The van der Waals surface area contributed by atoms with E-state index in [1.54, 1.807) is 19.2 Å². The van der Waals surface area contributed by atoms with Crippen LogP contribution < -0.4 is 9.47 Å². The third-order valence-corrected chi connectivity index (χ3v) is 3.82. The van der Waals surface area contributed by atoms with Crippen molar-refractivity contribution in [3.8, 4) is 11.5 Å². The van der Waals surface area contributed by atoms with Gasteiger partial charge in [-0.05, 0) is 29.8 Å². The first-order valence-corrected chi connectivity index (χ1v) is 7.44. The Hall–Kier alpha value is -1.26. The summed E-state index contributed by atoms with van der Waals surface area (Å²) in [5, 5.41) is 1.05. The second-order valence-corrected chi connectivity index (χ2v) is 5.08. The molecule has 0 spiro atoms. The normalized spacial score (nSPS) is 10.4. The summed E-state index contributed by atoms with van der Waals surface area (Å²) >= 11 is 9.35. The number of hydrogen-bond donors (Lipinski definition) is 0. The fraction of sp³-hybridized carbons (Fsp3) is 0.200. The standard InChI is InChI=1S/C15H13BrClFO2/c1-19-14-6-5-10(8-16)7-15(14)20-9-11-12(17)3-2-4-13(11)18/h2-7H,8-9H2,1H3. The Labute approximate surface area is 130 Å². The minimum Gasteiger partial charge on any atom is -0.493 e. The monoisotopic (exact) mass is 358 g/mol. The minimum atomic E-state index is -0.381. The van der Waals surface area contributed by atoms with Crippen LogP contribution in [0.2, 0.25) is 5.02 Å². The summed E-state index contributed by atoms with van der Waals surface area (Å²) in [5.41, 5.74) is 1.38. The zero-order chi connectivity index (χ0) is 14.5. The molecule has 0 saturated carbocycles. The van der Waals surface area contributed by atoms with Crippen LogP contribution in [0.15, 0.2) is 36.4 Å². The lowest BCUT2D eigenvalue weighted by Gasteiger charge is -2.13. The molecule has 5 heteroatoms. The van der Waals surface area contributed by atoms with Gasteiger partial charge in [0.25, 0.3) is 0 Å². The van der Waals surface area contributed by atoms with E-state index in [2.05, 4.69) is 15.9 Å². The van der Waals surface area contributed by atoms with Crippen molar-refractivity contribution >= 4 is 27.5 Å². The quantitative estimate of drug-likeness (QED) is 0.702. The molecule has 0 radical (unpaired) electrons. The van der Waals surface area contributed by atoms with Crippen molar-refractivity contribution in [1.82, 2.24) is 0 Å². The molecule has 20 heavy (non-hydrogen) atoms. The van der Waals surface area contributed by atoms with E-state index in [1.165, 1.54) is 6.07 Å². The van der Waals surface area contributed by atoms with Crippen LogP contribution in [0.1, 0.15) is 11.1 Å². The van der Waals surface area contributed by atoms with Crippen molar-refractivity contribution in [2.24, 2.45) is 0 Å². The average molecular weight is 360 g/mol.